The maximum absolute atomic E-state index is 12.2. The van der Waals surface area contributed by atoms with E-state index in [1.54, 1.807) is 4.90 Å². The Morgan fingerprint density at radius 1 is 1.33 bits per heavy atom. The molecule has 1 aromatic rings. The van der Waals surface area contributed by atoms with Crippen LogP contribution in [0.4, 0.5) is 0 Å². The first-order valence-electron chi connectivity index (χ1n) is 5.74. The zero-order chi connectivity index (χ0) is 13.3. The number of carboxylic acids is 1. The number of morpholine rings is 1. The van der Waals surface area contributed by atoms with Gasteiger partial charge in [-0.25, -0.2) is 4.79 Å². The molecular weight excluding hydrogens is 238 g/mol. The number of nitrogens with zero attached hydrogens (tertiary/aromatic N) is 1. The molecule has 0 saturated carbocycles. The van der Waals surface area contributed by atoms with Crippen LogP contribution < -0.4 is 0 Å². The first-order chi connectivity index (χ1) is 8.49. The lowest BCUT2D eigenvalue weighted by molar-refractivity contribution is -0.0396. The van der Waals surface area contributed by atoms with Gasteiger partial charge >= 0.3 is 5.97 Å². The predicted molar refractivity (Wildman–Crippen MR) is 61.6 cm³/mol. The van der Waals surface area contributed by atoms with Gasteiger partial charge in [0.1, 0.15) is 0 Å². The number of amides is 1. The second kappa shape index (κ2) is 4.81. The number of rotatable bonds is 2. The lowest BCUT2D eigenvalue weighted by Crippen LogP contribution is -2.50. The number of hydrogen-bond donors (Lipinski definition) is 1. The van der Waals surface area contributed by atoms with E-state index in [2.05, 4.69) is 0 Å². The predicted octanol–water partition coefficient (Wildman–Crippen LogP) is 1.23. The Bertz CT molecular complexity index is 467. The van der Waals surface area contributed by atoms with Crippen LogP contribution in [-0.2, 0) is 4.74 Å². The highest BCUT2D eigenvalue weighted by atomic mass is 16.5. The summed E-state index contributed by atoms with van der Waals surface area (Å²) in [7, 11) is 0. The molecule has 6 heteroatoms. The molecule has 1 saturated heterocycles. The summed E-state index contributed by atoms with van der Waals surface area (Å²) in [5, 5.41) is 8.75. The Kier molecular flexibility index (Phi) is 3.38. The van der Waals surface area contributed by atoms with Gasteiger partial charge in [-0.15, -0.1) is 0 Å². The third-order valence-electron chi connectivity index (χ3n) is 2.90. The van der Waals surface area contributed by atoms with Crippen LogP contribution in [0.2, 0.25) is 0 Å². The van der Waals surface area contributed by atoms with Crippen LogP contribution >= 0.6 is 0 Å². The van der Waals surface area contributed by atoms with Crippen LogP contribution in [-0.4, -0.2) is 47.2 Å². The first-order valence-corrected chi connectivity index (χ1v) is 5.74. The molecule has 1 aliphatic rings. The molecule has 1 aromatic heterocycles. The van der Waals surface area contributed by atoms with E-state index in [0.29, 0.717) is 13.2 Å². The van der Waals surface area contributed by atoms with Crippen LogP contribution in [0, 0.1) is 0 Å². The molecule has 1 amide bonds. The smallest absolute Gasteiger partial charge is 0.371 e. The van der Waals surface area contributed by atoms with Crippen molar-refractivity contribution in [2.24, 2.45) is 0 Å². The van der Waals surface area contributed by atoms with E-state index in [4.69, 9.17) is 14.3 Å². The summed E-state index contributed by atoms with van der Waals surface area (Å²) in [4.78, 5) is 24.5. The van der Waals surface area contributed by atoms with Crippen molar-refractivity contribution in [3.8, 4) is 0 Å². The molecule has 0 aliphatic carbocycles. The van der Waals surface area contributed by atoms with Crippen LogP contribution in [0.5, 0.6) is 0 Å². The number of carbonyl (C=O) groups excluding carboxylic acids is 1. The topological polar surface area (TPSA) is 80.0 Å². The minimum absolute atomic E-state index is 0.0287. The van der Waals surface area contributed by atoms with Crippen molar-refractivity contribution in [3.63, 3.8) is 0 Å². The van der Waals surface area contributed by atoms with Gasteiger partial charge in [-0.1, -0.05) is 0 Å². The zero-order valence-electron chi connectivity index (χ0n) is 10.3. The summed E-state index contributed by atoms with van der Waals surface area (Å²) < 4.78 is 10.4. The Hall–Kier alpha value is -1.82. The van der Waals surface area contributed by atoms with Gasteiger partial charge in [0.15, 0.2) is 5.76 Å². The lowest BCUT2D eigenvalue weighted by atomic mass is 10.2. The quantitative estimate of drug-likeness (QED) is 0.857. The summed E-state index contributed by atoms with van der Waals surface area (Å²) in [6.07, 6.45) is -0.0287. The fourth-order valence-corrected chi connectivity index (χ4v) is 1.90. The van der Waals surface area contributed by atoms with Crippen molar-refractivity contribution in [3.05, 3.63) is 23.7 Å². The van der Waals surface area contributed by atoms with E-state index in [1.807, 2.05) is 13.8 Å². The Labute approximate surface area is 104 Å². The summed E-state index contributed by atoms with van der Waals surface area (Å²) >= 11 is 0. The van der Waals surface area contributed by atoms with Crippen LogP contribution in [0.1, 0.15) is 35.0 Å². The average molecular weight is 253 g/mol. The minimum Gasteiger partial charge on any atom is -0.475 e. The summed E-state index contributed by atoms with van der Waals surface area (Å²) in [6, 6.07) is 2.62. The maximum Gasteiger partial charge on any atom is 0.371 e. The molecule has 0 spiro atoms. The fraction of sp³-hybridized carbons (Fsp3) is 0.500. The molecule has 98 valence electrons. The largest absolute Gasteiger partial charge is 0.475 e. The number of carboxylic acid groups (broad SMARTS) is 1. The Morgan fingerprint density at radius 3 is 2.61 bits per heavy atom. The van der Waals surface area contributed by atoms with Crippen LogP contribution in [0.3, 0.4) is 0 Å². The molecule has 1 N–H and O–H groups in total. The van der Waals surface area contributed by atoms with E-state index in [0.717, 1.165) is 0 Å². The van der Waals surface area contributed by atoms with Crippen molar-refractivity contribution >= 4 is 11.9 Å². The molecule has 0 bridgehead atoms. The standard InChI is InChI=1S/C12H15NO5/c1-7-6-17-8(2)5-13(7)11(14)9-3-4-10(18-9)12(15)16/h3-4,7-8H,5-6H2,1-2H3,(H,15,16)/t7-,8-/m0/s1. The van der Waals surface area contributed by atoms with Gasteiger partial charge in [-0.2, -0.15) is 0 Å². The Balaban J connectivity index is 2.16. The van der Waals surface area contributed by atoms with Gasteiger partial charge in [0.2, 0.25) is 5.76 Å². The summed E-state index contributed by atoms with van der Waals surface area (Å²) in [5.74, 6) is -1.66. The van der Waals surface area contributed by atoms with Crippen molar-refractivity contribution in [2.45, 2.75) is 26.0 Å². The van der Waals surface area contributed by atoms with Crippen molar-refractivity contribution in [2.75, 3.05) is 13.2 Å². The van der Waals surface area contributed by atoms with E-state index in [-0.39, 0.29) is 29.6 Å². The molecule has 1 aliphatic heterocycles. The third-order valence-corrected chi connectivity index (χ3v) is 2.90. The molecule has 0 unspecified atom stereocenters. The second-order valence-corrected chi connectivity index (χ2v) is 4.42. The van der Waals surface area contributed by atoms with Crippen molar-refractivity contribution in [1.82, 2.24) is 4.90 Å². The van der Waals surface area contributed by atoms with Crippen molar-refractivity contribution in [1.29, 1.82) is 0 Å². The molecule has 0 radical (unpaired) electrons. The zero-order valence-corrected chi connectivity index (χ0v) is 10.3. The summed E-state index contributed by atoms with van der Waals surface area (Å²) in [5.41, 5.74) is 0. The second-order valence-electron chi connectivity index (χ2n) is 4.42. The molecule has 2 atom stereocenters. The highest BCUT2D eigenvalue weighted by Crippen LogP contribution is 2.17. The average Bonchev–Trinajstić information content (AvgIpc) is 2.81. The van der Waals surface area contributed by atoms with Gasteiger partial charge in [-0.3, -0.25) is 4.79 Å². The monoisotopic (exact) mass is 253 g/mol. The first kappa shape index (κ1) is 12.6. The van der Waals surface area contributed by atoms with Gasteiger partial charge in [0, 0.05) is 6.54 Å². The lowest BCUT2D eigenvalue weighted by Gasteiger charge is -2.36. The van der Waals surface area contributed by atoms with Crippen LogP contribution in [0.25, 0.3) is 0 Å². The van der Waals surface area contributed by atoms with E-state index in [1.165, 1.54) is 12.1 Å². The van der Waals surface area contributed by atoms with E-state index >= 15 is 0 Å². The SMILES string of the molecule is C[C@H]1CN(C(=O)c2ccc(C(=O)O)o2)[C@@H](C)CO1. The van der Waals surface area contributed by atoms with E-state index in [9.17, 15) is 9.59 Å². The number of hydrogen-bond acceptors (Lipinski definition) is 4. The van der Waals surface area contributed by atoms with E-state index < -0.39 is 5.97 Å². The summed E-state index contributed by atoms with van der Waals surface area (Å²) in [6.45, 7) is 4.71. The minimum atomic E-state index is -1.18. The molecule has 2 rings (SSSR count). The third kappa shape index (κ3) is 2.38. The highest BCUT2D eigenvalue weighted by molar-refractivity contribution is 5.93. The molecule has 0 aromatic carbocycles. The van der Waals surface area contributed by atoms with Gasteiger partial charge in [0.05, 0.1) is 18.8 Å². The fourth-order valence-electron chi connectivity index (χ4n) is 1.90. The van der Waals surface area contributed by atoms with Gasteiger partial charge in [0.25, 0.3) is 5.91 Å². The highest BCUT2D eigenvalue weighted by Gasteiger charge is 2.30. The number of ether oxygens (including phenoxy) is 1. The van der Waals surface area contributed by atoms with Crippen molar-refractivity contribution < 1.29 is 23.8 Å². The molecule has 6 nitrogen and oxygen atoms in total. The molecular formula is C12H15NO5. The van der Waals surface area contributed by atoms with Crippen LogP contribution in [0.15, 0.2) is 16.5 Å². The van der Waals surface area contributed by atoms with Gasteiger partial charge in [-0.05, 0) is 26.0 Å². The molecule has 18 heavy (non-hydrogen) atoms. The molecule has 1 fully saturated rings. The molecule has 2 heterocycles. The maximum atomic E-state index is 12.2. The number of carbonyl (C=O) groups is 2. The Morgan fingerprint density at radius 2 is 2.00 bits per heavy atom. The number of aromatic carboxylic acids is 1. The van der Waals surface area contributed by atoms with Gasteiger partial charge < -0.3 is 19.2 Å². The normalized spacial score (nSPS) is 24.0. The number of furan rings is 1.